The number of guanidine groups is 1. The number of ether oxygens (including phenoxy) is 1. The third kappa shape index (κ3) is 4.52. The van der Waals surface area contributed by atoms with Gasteiger partial charge in [-0.05, 0) is 41.5 Å². The Morgan fingerprint density at radius 1 is 1.17 bits per heavy atom. The van der Waals surface area contributed by atoms with E-state index in [0.717, 1.165) is 12.6 Å². The fraction of sp³-hybridized carbons (Fsp3) is 0.136. The monoisotopic (exact) mass is 391 g/mol. The SMILES string of the molecule is C=CC(=O)C(=C(C(=O)O)c1ccc(OC)cc1)c1cccc(NC2=NCCN2)c1. The number of benzene rings is 2. The van der Waals surface area contributed by atoms with E-state index in [2.05, 4.69) is 22.2 Å². The maximum atomic E-state index is 12.7. The predicted octanol–water partition coefficient (Wildman–Crippen LogP) is 2.82. The predicted molar refractivity (Wildman–Crippen MR) is 113 cm³/mol. The molecule has 0 radical (unpaired) electrons. The Labute approximate surface area is 168 Å². The first-order chi connectivity index (χ1) is 14.0. The van der Waals surface area contributed by atoms with Crippen LogP contribution in [0.2, 0.25) is 0 Å². The second-order valence-corrected chi connectivity index (χ2v) is 6.21. The van der Waals surface area contributed by atoms with Crippen LogP contribution in [0.5, 0.6) is 5.75 Å². The van der Waals surface area contributed by atoms with Crippen LogP contribution < -0.4 is 15.4 Å². The molecule has 0 saturated heterocycles. The lowest BCUT2D eigenvalue weighted by Gasteiger charge is -2.13. The quantitative estimate of drug-likeness (QED) is 0.496. The Bertz CT molecular complexity index is 1010. The zero-order chi connectivity index (χ0) is 20.8. The van der Waals surface area contributed by atoms with Gasteiger partial charge in [-0.3, -0.25) is 9.79 Å². The van der Waals surface area contributed by atoms with Crippen LogP contribution in [0.4, 0.5) is 5.69 Å². The van der Waals surface area contributed by atoms with Gasteiger partial charge in [0, 0.05) is 17.8 Å². The second-order valence-electron chi connectivity index (χ2n) is 6.21. The van der Waals surface area contributed by atoms with Crippen molar-refractivity contribution in [3.8, 4) is 5.75 Å². The number of hydrogen-bond donors (Lipinski definition) is 3. The Balaban J connectivity index is 2.13. The molecule has 1 aliphatic rings. The van der Waals surface area contributed by atoms with Crippen LogP contribution in [0.25, 0.3) is 11.1 Å². The number of hydrogen-bond acceptors (Lipinski definition) is 6. The van der Waals surface area contributed by atoms with Crippen molar-refractivity contribution in [1.82, 2.24) is 5.32 Å². The molecule has 7 heteroatoms. The maximum Gasteiger partial charge on any atom is 0.337 e. The minimum Gasteiger partial charge on any atom is -0.497 e. The van der Waals surface area contributed by atoms with Gasteiger partial charge in [0.2, 0.25) is 0 Å². The van der Waals surface area contributed by atoms with E-state index in [9.17, 15) is 14.7 Å². The Kier molecular flexibility index (Phi) is 6.09. The van der Waals surface area contributed by atoms with Crippen LogP contribution in [0.3, 0.4) is 0 Å². The largest absolute Gasteiger partial charge is 0.497 e. The van der Waals surface area contributed by atoms with Gasteiger partial charge in [0.25, 0.3) is 0 Å². The van der Waals surface area contributed by atoms with Crippen LogP contribution in [0.15, 0.2) is 66.2 Å². The summed E-state index contributed by atoms with van der Waals surface area (Å²) >= 11 is 0. The molecule has 0 amide bonds. The standard InChI is InChI=1S/C22H21N3O4/c1-3-18(26)19(20(21(27)28)14-7-9-17(29-2)10-8-14)15-5-4-6-16(13-15)25-22-23-11-12-24-22/h3-10,13H,1,11-12H2,2H3,(H,27,28)(H2,23,24,25). The van der Waals surface area contributed by atoms with E-state index in [4.69, 9.17) is 4.74 Å². The van der Waals surface area contributed by atoms with Crippen LogP contribution in [-0.4, -0.2) is 43.0 Å². The van der Waals surface area contributed by atoms with Crippen molar-refractivity contribution in [2.75, 3.05) is 25.5 Å². The van der Waals surface area contributed by atoms with Gasteiger partial charge in [0.15, 0.2) is 11.7 Å². The molecule has 0 saturated carbocycles. The minimum atomic E-state index is -1.21. The van der Waals surface area contributed by atoms with Crippen molar-refractivity contribution >= 4 is 34.5 Å². The molecule has 29 heavy (non-hydrogen) atoms. The lowest BCUT2D eigenvalue weighted by atomic mass is 9.91. The van der Waals surface area contributed by atoms with Crippen LogP contribution in [0, 0.1) is 0 Å². The summed E-state index contributed by atoms with van der Waals surface area (Å²) < 4.78 is 5.13. The molecule has 3 rings (SSSR count). The van der Waals surface area contributed by atoms with E-state index < -0.39 is 11.8 Å². The summed E-state index contributed by atoms with van der Waals surface area (Å²) in [5.41, 5.74) is 1.49. The summed E-state index contributed by atoms with van der Waals surface area (Å²) in [6.45, 7) is 4.97. The lowest BCUT2D eigenvalue weighted by molar-refractivity contribution is -0.130. The van der Waals surface area contributed by atoms with Crippen LogP contribution in [-0.2, 0) is 9.59 Å². The first-order valence-corrected chi connectivity index (χ1v) is 8.98. The third-order valence-electron chi connectivity index (χ3n) is 4.36. The number of carbonyl (C=O) groups excluding carboxylic acids is 1. The molecule has 0 bridgehead atoms. The fourth-order valence-electron chi connectivity index (χ4n) is 3.02. The Hall–Kier alpha value is -3.87. The van der Waals surface area contributed by atoms with Crippen LogP contribution in [0.1, 0.15) is 11.1 Å². The summed E-state index contributed by atoms with van der Waals surface area (Å²) in [6, 6.07) is 13.5. The number of anilines is 1. The summed E-state index contributed by atoms with van der Waals surface area (Å²) in [6.07, 6.45) is 1.12. The summed E-state index contributed by atoms with van der Waals surface area (Å²) in [7, 11) is 1.53. The van der Waals surface area contributed by atoms with Gasteiger partial charge in [-0.15, -0.1) is 0 Å². The second kappa shape index (κ2) is 8.88. The number of nitrogens with zero attached hydrogens (tertiary/aromatic N) is 1. The number of rotatable bonds is 7. The van der Waals surface area contributed by atoms with E-state index in [0.29, 0.717) is 35.1 Å². The molecule has 1 aliphatic heterocycles. The van der Waals surface area contributed by atoms with Crippen molar-refractivity contribution in [2.24, 2.45) is 4.99 Å². The molecule has 0 aromatic heterocycles. The molecular formula is C22H21N3O4. The van der Waals surface area contributed by atoms with Gasteiger partial charge in [0.05, 0.1) is 19.2 Å². The van der Waals surface area contributed by atoms with Gasteiger partial charge in [-0.1, -0.05) is 30.8 Å². The van der Waals surface area contributed by atoms with Gasteiger partial charge >= 0.3 is 5.97 Å². The highest BCUT2D eigenvalue weighted by Crippen LogP contribution is 2.30. The minimum absolute atomic E-state index is 0.0580. The normalized spacial score (nSPS) is 13.6. The number of carbonyl (C=O) groups is 2. The molecule has 0 atom stereocenters. The Morgan fingerprint density at radius 3 is 2.52 bits per heavy atom. The van der Waals surface area contributed by atoms with Crippen molar-refractivity contribution in [2.45, 2.75) is 0 Å². The highest BCUT2D eigenvalue weighted by Gasteiger charge is 2.23. The van der Waals surface area contributed by atoms with Crippen molar-refractivity contribution in [3.05, 3.63) is 72.3 Å². The van der Waals surface area contributed by atoms with Gasteiger partial charge < -0.3 is 20.5 Å². The topological polar surface area (TPSA) is 100 Å². The molecule has 3 N–H and O–H groups in total. The highest BCUT2D eigenvalue weighted by atomic mass is 16.5. The van der Waals surface area contributed by atoms with Gasteiger partial charge in [-0.2, -0.15) is 0 Å². The molecule has 0 fully saturated rings. The van der Waals surface area contributed by atoms with Gasteiger partial charge in [-0.25, -0.2) is 4.79 Å². The molecule has 1 heterocycles. The molecular weight excluding hydrogens is 370 g/mol. The van der Waals surface area contributed by atoms with E-state index in [1.807, 2.05) is 6.07 Å². The van der Waals surface area contributed by atoms with E-state index in [-0.39, 0.29) is 11.1 Å². The third-order valence-corrected chi connectivity index (χ3v) is 4.36. The van der Waals surface area contributed by atoms with Crippen molar-refractivity contribution < 1.29 is 19.4 Å². The summed E-state index contributed by atoms with van der Waals surface area (Å²) in [5, 5.41) is 16.1. The first-order valence-electron chi connectivity index (χ1n) is 8.98. The number of nitrogens with one attached hydrogen (secondary N) is 2. The number of methoxy groups -OCH3 is 1. The zero-order valence-corrected chi connectivity index (χ0v) is 15.9. The fourth-order valence-corrected chi connectivity index (χ4v) is 3.02. The highest BCUT2D eigenvalue weighted by molar-refractivity contribution is 6.41. The van der Waals surface area contributed by atoms with Crippen molar-refractivity contribution in [1.29, 1.82) is 0 Å². The maximum absolute atomic E-state index is 12.7. The molecule has 148 valence electrons. The Morgan fingerprint density at radius 2 is 1.93 bits per heavy atom. The number of carboxylic acid groups (broad SMARTS) is 1. The number of allylic oxidation sites excluding steroid dienone is 2. The molecule has 2 aromatic carbocycles. The average Bonchev–Trinajstić information content (AvgIpc) is 3.24. The molecule has 0 spiro atoms. The van der Waals surface area contributed by atoms with E-state index in [1.54, 1.807) is 42.5 Å². The van der Waals surface area contributed by atoms with Crippen molar-refractivity contribution in [3.63, 3.8) is 0 Å². The first kappa shape index (κ1) is 19.9. The smallest absolute Gasteiger partial charge is 0.337 e. The zero-order valence-electron chi connectivity index (χ0n) is 15.9. The summed E-state index contributed by atoms with van der Waals surface area (Å²) in [4.78, 5) is 29.1. The molecule has 7 nitrogen and oxygen atoms in total. The molecule has 0 aliphatic carbocycles. The number of ketones is 1. The molecule has 2 aromatic rings. The number of aliphatic carboxylic acids is 1. The van der Waals surface area contributed by atoms with Gasteiger partial charge in [0.1, 0.15) is 5.75 Å². The van der Waals surface area contributed by atoms with E-state index >= 15 is 0 Å². The molecule has 0 unspecified atom stereocenters. The summed E-state index contributed by atoms with van der Waals surface area (Å²) in [5.74, 6) is -0.463. The average molecular weight is 391 g/mol. The lowest BCUT2D eigenvalue weighted by Crippen LogP contribution is -2.26. The number of aliphatic imine (C=N–C) groups is 1. The van der Waals surface area contributed by atoms with E-state index in [1.165, 1.54) is 7.11 Å². The number of carboxylic acids is 1. The van der Waals surface area contributed by atoms with Crippen LogP contribution >= 0.6 is 0 Å².